The molecule has 2 heteroatoms. The molecule has 0 amide bonds. The van der Waals surface area contributed by atoms with Crippen molar-refractivity contribution in [3.8, 4) is 28.5 Å². The topological polar surface area (TPSA) is 36.7 Å². The lowest BCUT2D eigenvalue weighted by atomic mass is 10.00. The molecule has 0 atom stereocenters. The van der Waals surface area contributed by atoms with Gasteiger partial charge in [0.15, 0.2) is 0 Å². The number of nitrogens with zero attached hydrogens (tertiary/aromatic N) is 2. The van der Waals surface area contributed by atoms with Gasteiger partial charge in [0.25, 0.3) is 0 Å². The van der Waals surface area contributed by atoms with E-state index in [9.17, 15) is 5.26 Å². The van der Waals surface area contributed by atoms with Crippen molar-refractivity contribution in [1.82, 2.24) is 4.98 Å². The summed E-state index contributed by atoms with van der Waals surface area (Å²) >= 11 is 0. The van der Waals surface area contributed by atoms with E-state index in [4.69, 9.17) is 0 Å². The van der Waals surface area contributed by atoms with Crippen LogP contribution >= 0.6 is 0 Å². The first-order chi connectivity index (χ1) is 10.3. The Morgan fingerprint density at radius 2 is 1.57 bits per heavy atom. The molecule has 3 rings (SSSR count). The molecule has 100 valence electrons. The smallest absolute Gasteiger partial charge is 0.0998 e. The van der Waals surface area contributed by atoms with E-state index in [1.807, 2.05) is 55.5 Å². The Labute approximate surface area is 124 Å². The molecule has 1 heterocycles. The number of nitriles is 1. The minimum absolute atomic E-state index is 0.648. The molecule has 1 aromatic heterocycles. The average molecular weight is 270 g/mol. The van der Waals surface area contributed by atoms with Crippen molar-refractivity contribution in [1.29, 1.82) is 5.26 Å². The predicted octanol–water partition coefficient (Wildman–Crippen LogP) is 4.60. The Hall–Kier alpha value is -2.92. The molecule has 0 aliphatic carbocycles. The number of hydrogen-bond donors (Lipinski definition) is 0. The Morgan fingerprint density at radius 1 is 0.857 bits per heavy atom. The van der Waals surface area contributed by atoms with E-state index >= 15 is 0 Å². The Morgan fingerprint density at radius 3 is 2.33 bits per heavy atom. The van der Waals surface area contributed by atoms with E-state index in [-0.39, 0.29) is 0 Å². The quantitative estimate of drug-likeness (QED) is 0.682. The number of rotatable bonds is 2. The number of aromatic nitrogens is 1. The SMILES string of the molecule is Cc1cc(-c2ccccc2)cc(-c2ccccc2C#N)n1. The van der Waals surface area contributed by atoms with Gasteiger partial charge in [0.1, 0.15) is 0 Å². The molecular weight excluding hydrogens is 256 g/mol. The van der Waals surface area contributed by atoms with Crippen molar-refractivity contribution in [3.05, 3.63) is 78.0 Å². The van der Waals surface area contributed by atoms with Crippen LogP contribution < -0.4 is 0 Å². The zero-order chi connectivity index (χ0) is 14.7. The lowest BCUT2D eigenvalue weighted by Crippen LogP contribution is -1.92. The summed E-state index contributed by atoms with van der Waals surface area (Å²) in [5, 5.41) is 9.26. The molecule has 3 aromatic rings. The van der Waals surface area contributed by atoms with E-state index in [0.29, 0.717) is 5.56 Å². The van der Waals surface area contributed by atoms with Gasteiger partial charge in [-0.1, -0.05) is 48.5 Å². The highest BCUT2D eigenvalue weighted by molar-refractivity contribution is 5.74. The minimum atomic E-state index is 0.648. The molecule has 0 radical (unpaired) electrons. The van der Waals surface area contributed by atoms with Crippen LogP contribution in [0, 0.1) is 18.3 Å². The van der Waals surface area contributed by atoms with Crippen molar-refractivity contribution in [3.63, 3.8) is 0 Å². The normalized spacial score (nSPS) is 10.1. The second-order valence-electron chi connectivity index (χ2n) is 4.91. The summed E-state index contributed by atoms with van der Waals surface area (Å²) in [7, 11) is 0. The molecule has 21 heavy (non-hydrogen) atoms. The van der Waals surface area contributed by atoms with E-state index in [0.717, 1.165) is 28.1 Å². The van der Waals surface area contributed by atoms with Crippen LogP contribution in [0.5, 0.6) is 0 Å². The number of benzene rings is 2. The molecule has 0 fully saturated rings. The van der Waals surface area contributed by atoms with Crippen molar-refractivity contribution >= 4 is 0 Å². The fourth-order valence-electron chi connectivity index (χ4n) is 2.41. The Bertz CT molecular complexity index is 814. The third kappa shape index (κ3) is 2.68. The van der Waals surface area contributed by atoms with Gasteiger partial charge < -0.3 is 0 Å². The van der Waals surface area contributed by atoms with E-state index in [1.165, 1.54) is 0 Å². The van der Waals surface area contributed by atoms with Crippen LogP contribution in [-0.4, -0.2) is 4.98 Å². The van der Waals surface area contributed by atoms with Crippen molar-refractivity contribution in [2.45, 2.75) is 6.92 Å². The second kappa shape index (κ2) is 5.60. The molecule has 0 saturated heterocycles. The minimum Gasteiger partial charge on any atom is -0.253 e. The molecule has 2 aromatic carbocycles. The average Bonchev–Trinajstić information content (AvgIpc) is 2.55. The van der Waals surface area contributed by atoms with E-state index < -0.39 is 0 Å². The number of aryl methyl sites for hydroxylation is 1. The standard InChI is InChI=1S/C19H14N2/c1-14-11-17(15-7-3-2-4-8-15)12-19(21-14)18-10-6-5-9-16(18)13-20/h2-12H,1H3. The van der Waals surface area contributed by atoms with Crippen LogP contribution in [0.2, 0.25) is 0 Å². The summed E-state index contributed by atoms with van der Waals surface area (Å²) in [6.07, 6.45) is 0. The van der Waals surface area contributed by atoms with Crippen LogP contribution in [0.25, 0.3) is 22.4 Å². The zero-order valence-corrected chi connectivity index (χ0v) is 11.7. The summed E-state index contributed by atoms with van der Waals surface area (Å²) in [6, 6.07) is 24.1. The number of hydrogen-bond acceptors (Lipinski definition) is 2. The van der Waals surface area contributed by atoms with Crippen LogP contribution in [-0.2, 0) is 0 Å². The molecular formula is C19H14N2. The van der Waals surface area contributed by atoms with Crippen LogP contribution in [0.3, 0.4) is 0 Å². The van der Waals surface area contributed by atoms with Gasteiger partial charge in [-0.3, -0.25) is 4.98 Å². The fourth-order valence-corrected chi connectivity index (χ4v) is 2.41. The van der Waals surface area contributed by atoms with Gasteiger partial charge in [0.05, 0.1) is 17.3 Å². The molecule has 0 unspecified atom stereocenters. The molecule has 0 aliphatic heterocycles. The first-order valence-electron chi connectivity index (χ1n) is 6.81. The Balaban J connectivity index is 2.17. The van der Waals surface area contributed by atoms with Gasteiger partial charge in [-0.2, -0.15) is 5.26 Å². The summed E-state index contributed by atoms with van der Waals surface area (Å²) in [5.74, 6) is 0. The highest BCUT2D eigenvalue weighted by atomic mass is 14.7. The van der Waals surface area contributed by atoms with Crippen molar-refractivity contribution in [2.75, 3.05) is 0 Å². The van der Waals surface area contributed by atoms with Gasteiger partial charge in [-0.15, -0.1) is 0 Å². The highest BCUT2D eigenvalue weighted by Crippen LogP contribution is 2.27. The monoisotopic (exact) mass is 270 g/mol. The first kappa shape index (κ1) is 13.1. The summed E-state index contributed by atoms with van der Waals surface area (Å²) in [5.41, 5.74) is 5.57. The van der Waals surface area contributed by atoms with Crippen molar-refractivity contribution in [2.24, 2.45) is 0 Å². The molecule has 0 aliphatic rings. The zero-order valence-electron chi connectivity index (χ0n) is 11.7. The summed E-state index contributed by atoms with van der Waals surface area (Å²) < 4.78 is 0. The first-order valence-corrected chi connectivity index (χ1v) is 6.81. The maximum atomic E-state index is 9.26. The van der Waals surface area contributed by atoms with Gasteiger partial charge in [-0.05, 0) is 36.2 Å². The third-order valence-corrected chi connectivity index (χ3v) is 3.38. The maximum absolute atomic E-state index is 9.26. The second-order valence-corrected chi connectivity index (χ2v) is 4.91. The van der Waals surface area contributed by atoms with E-state index in [2.05, 4.69) is 29.3 Å². The fraction of sp³-hybridized carbons (Fsp3) is 0.0526. The maximum Gasteiger partial charge on any atom is 0.0998 e. The largest absolute Gasteiger partial charge is 0.253 e. The molecule has 2 nitrogen and oxygen atoms in total. The van der Waals surface area contributed by atoms with Gasteiger partial charge in [0.2, 0.25) is 0 Å². The lowest BCUT2D eigenvalue weighted by Gasteiger charge is -2.08. The van der Waals surface area contributed by atoms with Gasteiger partial charge in [-0.25, -0.2) is 0 Å². The van der Waals surface area contributed by atoms with Gasteiger partial charge in [0, 0.05) is 11.3 Å². The summed E-state index contributed by atoms with van der Waals surface area (Å²) in [4.78, 5) is 4.59. The van der Waals surface area contributed by atoms with Gasteiger partial charge >= 0.3 is 0 Å². The number of pyridine rings is 1. The molecule has 0 spiro atoms. The van der Waals surface area contributed by atoms with Crippen LogP contribution in [0.1, 0.15) is 11.3 Å². The predicted molar refractivity (Wildman–Crippen MR) is 84.6 cm³/mol. The highest BCUT2D eigenvalue weighted by Gasteiger charge is 2.08. The Kier molecular flexibility index (Phi) is 3.49. The summed E-state index contributed by atoms with van der Waals surface area (Å²) in [6.45, 7) is 1.98. The third-order valence-electron chi connectivity index (χ3n) is 3.38. The van der Waals surface area contributed by atoms with Crippen LogP contribution in [0.4, 0.5) is 0 Å². The lowest BCUT2D eigenvalue weighted by molar-refractivity contribution is 1.20. The molecule has 0 N–H and O–H groups in total. The van der Waals surface area contributed by atoms with Crippen LogP contribution in [0.15, 0.2) is 66.7 Å². The van der Waals surface area contributed by atoms with E-state index in [1.54, 1.807) is 0 Å². The molecule has 0 bridgehead atoms. The molecule has 0 saturated carbocycles. The van der Waals surface area contributed by atoms with Crippen molar-refractivity contribution < 1.29 is 0 Å².